The molecule has 146 valence electrons. The largest absolute Gasteiger partial charge is 0.360 e. The maximum Gasteiger partial charge on any atom is 0.240 e. The molecular formula is C18H25N5O2S2. The van der Waals surface area contributed by atoms with Crippen molar-refractivity contribution in [1.29, 1.82) is 0 Å². The lowest BCUT2D eigenvalue weighted by Crippen LogP contribution is -2.53. The first-order valence-corrected chi connectivity index (χ1v) is 11.3. The number of guanidine groups is 1. The van der Waals surface area contributed by atoms with Crippen LogP contribution in [0.4, 0.5) is 5.00 Å². The van der Waals surface area contributed by atoms with E-state index in [-0.39, 0.29) is 4.90 Å². The fourth-order valence-corrected chi connectivity index (χ4v) is 4.80. The molecule has 1 aromatic carbocycles. The van der Waals surface area contributed by atoms with Crippen LogP contribution in [-0.4, -0.2) is 65.6 Å². The third-order valence-corrected chi connectivity index (χ3v) is 6.77. The monoisotopic (exact) mass is 407 g/mol. The van der Waals surface area contributed by atoms with Crippen molar-refractivity contribution in [3.63, 3.8) is 0 Å². The summed E-state index contributed by atoms with van der Waals surface area (Å²) in [4.78, 5) is 9.19. The van der Waals surface area contributed by atoms with Crippen LogP contribution in [0.25, 0.3) is 0 Å². The van der Waals surface area contributed by atoms with Gasteiger partial charge in [0, 0.05) is 46.3 Å². The molecule has 27 heavy (non-hydrogen) atoms. The highest BCUT2D eigenvalue weighted by atomic mass is 32.2. The van der Waals surface area contributed by atoms with Crippen molar-refractivity contribution in [2.24, 2.45) is 4.99 Å². The summed E-state index contributed by atoms with van der Waals surface area (Å²) >= 11 is 1.76. The second-order valence-corrected chi connectivity index (χ2v) is 8.80. The van der Waals surface area contributed by atoms with Gasteiger partial charge >= 0.3 is 0 Å². The van der Waals surface area contributed by atoms with Crippen molar-refractivity contribution >= 4 is 32.3 Å². The van der Waals surface area contributed by atoms with Crippen molar-refractivity contribution in [3.05, 3.63) is 47.8 Å². The fourth-order valence-electron chi connectivity index (χ4n) is 2.96. The van der Waals surface area contributed by atoms with E-state index in [0.717, 1.165) is 32.1 Å². The molecule has 0 aliphatic carbocycles. The molecule has 0 radical (unpaired) electrons. The van der Waals surface area contributed by atoms with Gasteiger partial charge in [-0.05, 0) is 29.6 Å². The number of rotatable bonds is 6. The van der Waals surface area contributed by atoms with Gasteiger partial charge in [-0.3, -0.25) is 4.99 Å². The summed E-state index contributed by atoms with van der Waals surface area (Å²) in [6.45, 7) is 4.43. The summed E-state index contributed by atoms with van der Waals surface area (Å²) in [5.41, 5.74) is 0. The van der Waals surface area contributed by atoms with E-state index in [2.05, 4.69) is 42.3 Å². The fraction of sp³-hybridized carbons (Fsp3) is 0.389. The van der Waals surface area contributed by atoms with E-state index in [1.54, 1.807) is 48.7 Å². The Morgan fingerprint density at radius 1 is 1.07 bits per heavy atom. The molecule has 1 aliphatic rings. The van der Waals surface area contributed by atoms with E-state index < -0.39 is 10.0 Å². The van der Waals surface area contributed by atoms with Crippen LogP contribution in [0.3, 0.4) is 0 Å². The van der Waals surface area contributed by atoms with E-state index in [9.17, 15) is 8.42 Å². The molecular weight excluding hydrogens is 382 g/mol. The van der Waals surface area contributed by atoms with Crippen LogP contribution < -0.4 is 14.9 Å². The average Bonchev–Trinajstić information content (AvgIpc) is 3.24. The highest BCUT2D eigenvalue weighted by Gasteiger charge is 2.20. The smallest absolute Gasteiger partial charge is 0.240 e. The second-order valence-electron chi connectivity index (χ2n) is 6.11. The van der Waals surface area contributed by atoms with Crippen molar-refractivity contribution in [2.45, 2.75) is 4.90 Å². The normalized spacial score (nSPS) is 15.8. The van der Waals surface area contributed by atoms with Crippen LogP contribution in [-0.2, 0) is 10.0 Å². The van der Waals surface area contributed by atoms with E-state index in [4.69, 9.17) is 0 Å². The maximum absolute atomic E-state index is 12.2. The molecule has 1 saturated heterocycles. The zero-order valence-corrected chi connectivity index (χ0v) is 17.0. The number of benzene rings is 1. The first-order valence-electron chi connectivity index (χ1n) is 8.89. The van der Waals surface area contributed by atoms with Crippen molar-refractivity contribution in [3.8, 4) is 0 Å². The maximum atomic E-state index is 12.2. The van der Waals surface area contributed by atoms with Crippen molar-refractivity contribution < 1.29 is 8.42 Å². The number of aliphatic imine (C=N–C) groups is 1. The van der Waals surface area contributed by atoms with Crippen LogP contribution in [0.2, 0.25) is 0 Å². The minimum Gasteiger partial charge on any atom is -0.360 e. The lowest BCUT2D eigenvalue weighted by atomic mass is 10.3. The summed E-state index contributed by atoms with van der Waals surface area (Å²) in [6, 6.07) is 12.6. The minimum atomic E-state index is -3.47. The number of hydrogen-bond acceptors (Lipinski definition) is 5. The minimum absolute atomic E-state index is 0.277. The SMILES string of the molecule is CN=C(NCCNS(=O)(=O)c1ccccc1)N1CCN(c2cccs2)CC1. The molecule has 0 bridgehead atoms. The Morgan fingerprint density at radius 3 is 2.44 bits per heavy atom. The average molecular weight is 408 g/mol. The molecule has 1 fully saturated rings. The Balaban J connectivity index is 1.43. The molecule has 3 rings (SSSR count). The van der Waals surface area contributed by atoms with Gasteiger partial charge < -0.3 is 15.1 Å². The summed E-state index contributed by atoms with van der Waals surface area (Å²) in [7, 11) is -1.72. The van der Waals surface area contributed by atoms with Gasteiger partial charge in [-0.15, -0.1) is 11.3 Å². The molecule has 1 aromatic heterocycles. The predicted octanol–water partition coefficient (Wildman–Crippen LogP) is 1.42. The highest BCUT2D eigenvalue weighted by Crippen LogP contribution is 2.22. The Labute approximate surface area is 164 Å². The second kappa shape index (κ2) is 9.20. The first kappa shape index (κ1) is 19.7. The molecule has 0 unspecified atom stereocenters. The number of sulfonamides is 1. The van der Waals surface area contributed by atoms with Gasteiger partial charge in [0.2, 0.25) is 10.0 Å². The third-order valence-electron chi connectivity index (χ3n) is 4.36. The standard InChI is InChI=1S/C18H25N5O2S2/c1-19-18(23-13-11-22(12-14-23)17-8-5-15-26-17)20-9-10-21-27(24,25)16-6-3-2-4-7-16/h2-8,15,21H,9-14H2,1H3,(H,19,20). The van der Waals surface area contributed by atoms with E-state index >= 15 is 0 Å². The summed E-state index contributed by atoms with van der Waals surface area (Å²) in [5.74, 6) is 0.805. The van der Waals surface area contributed by atoms with Crippen LogP contribution in [0.1, 0.15) is 0 Å². The number of thiophene rings is 1. The topological polar surface area (TPSA) is 77.0 Å². The molecule has 0 saturated carbocycles. The zero-order chi connectivity index (χ0) is 19.1. The van der Waals surface area contributed by atoms with Crippen LogP contribution in [0, 0.1) is 0 Å². The van der Waals surface area contributed by atoms with E-state index in [0.29, 0.717) is 13.1 Å². The van der Waals surface area contributed by atoms with Gasteiger partial charge in [0.05, 0.1) is 9.90 Å². The molecule has 2 heterocycles. The Morgan fingerprint density at radius 2 is 1.81 bits per heavy atom. The van der Waals surface area contributed by atoms with Gasteiger partial charge in [0.25, 0.3) is 0 Å². The molecule has 0 atom stereocenters. The quantitative estimate of drug-likeness (QED) is 0.430. The summed E-state index contributed by atoms with van der Waals surface area (Å²) < 4.78 is 27.0. The molecule has 2 aromatic rings. The lowest BCUT2D eigenvalue weighted by molar-refractivity contribution is 0.374. The number of nitrogens with zero attached hydrogens (tertiary/aromatic N) is 3. The molecule has 0 spiro atoms. The highest BCUT2D eigenvalue weighted by molar-refractivity contribution is 7.89. The number of hydrogen-bond donors (Lipinski definition) is 2. The van der Waals surface area contributed by atoms with E-state index in [1.165, 1.54) is 5.00 Å². The Hall–Kier alpha value is -2.10. The predicted molar refractivity (Wildman–Crippen MR) is 111 cm³/mol. The number of anilines is 1. The van der Waals surface area contributed by atoms with Gasteiger partial charge in [0.15, 0.2) is 5.96 Å². The number of piperazine rings is 1. The molecule has 0 amide bonds. The first-order chi connectivity index (χ1) is 13.1. The van der Waals surface area contributed by atoms with Gasteiger partial charge in [0.1, 0.15) is 0 Å². The van der Waals surface area contributed by atoms with Crippen molar-refractivity contribution in [2.75, 3.05) is 51.2 Å². The molecule has 9 heteroatoms. The van der Waals surface area contributed by atoms with Crippen molar-refractivity contribution in [1.82, 2.24) is 14.9 Å². The summed E-state index contributed by atoms with van der Waals surface area (Å²) in [6.07, 6.45) is 0. The lowest BCUT2D eigenvalue weighted by Gasteiger charge is -2.37. The van der Waals surface area contributed by atoms with Gasteiger partial charge in [-0.25, -0.2) is 13.1 Å². The third kappa shape index (κ3) is 5.21. The summed E-state index contributed by atoms with van der Waals surface area (Å²) in [5, 5.41) is 6.64. The van der Waals surface area contributed by atoms with Gasteiger partial charge in [-0.1, -0.05) is 18.2 Å². The Kier molecular flexibility index (Phi) is 6.70. The molecule has 7 nitrogen and oxygen atoms in total. The zero-order valence-electron chi connectivity index (χ0n) is 15.3. The van der Waals surface area contributed by atoms with Gasteiger partial charge in [-0.2, -0.15) is 0 Å². The Bertz CT molecular complexity index is 830. The van der Waals surface area contributed by atoms with E-state index in [1.807, 2.05) is 0 Å². The number of nitrogens with one attached hydrogen (secondary N) is 2. The molecule has 2 N–H and O–H groups in total. The van der Waals surface area contributed by atoms with Crippen LogP contribution >= 0.6 is 11.3 Å². The van der Waals surface area contributed by atoms with Crippen LogP contribution in [0.5, 0.6) is 0 Å². The molecule has 1 aliphatic heterocycles. The van der Waals surface area contributed by atoms with Crippen LogP contribution in [0.15, 0.2) is 57.7 Å².